The smallest absolute Gasteiger partial charge is 0.116 e. The molecule has 2 heterocycles. The Labute approximate surface area is 101 Å². The van der Waals surface area contributed by atoms with E-state index in [-0.39, 0.29) is 0 Å². The van der Waals surface area contributed by atoms with Gasteiger partial charge in [-0.15, -0.1) is 0 Å². The fourth-order valence-corrected chi connectivity index (χ4v) is 2.42. The average Bonchev–Trinajstić information content (AvgIpc) is 2.24. The summed E-state index contributed by atoms with van der Waals surface area (Å²) < 4.78 is 1.00. The normalized spacial score (nSPS) is 10.3. The summed E-state index contributed by atoms with van der Waals surface area (Å²) in [6, 6.07) is 7.87. The maximum Gasteiger partial charge on any atom is 0.116 e. The van der Waals surface area contributed by atoms with Gasteiger partial charge in [-0.2, -0.15) is 0 Å². The van der Waals surface area contributed by atoms with Crippen molar-refractivity contribution < 1.29 is 0 Å². The maximum atomic E-state index is 4.32. The molecule has 2 aromatic rings. The summed E-state index contributed by atoms with van der Waals surface area (Å²) in [5.41, 5.74) is 1.17. The van der Waals surface area contributed by atoms with Gasteiger partial charge in [0.1, 0.15) is 10.1 Å². The van der Waals surface area contributed by atoms with Gasteiger partial charge in [-0.1, -0.05) is 6.07 Å². The molecule has 2 aromatic heterocycles. The summed E-state index contributed by atoms with van der Waals surface area (Å²) in [4.78, 5) is 8.61. The topological polar surface area (TPSA) is 25.8 Å². The Kier molecular flexibility index (Phi) is 3.38. The molecule has 0 aliphatic heterocycles. The molecule has 0 radical (unpaired) electrons. The fourth-order valence-electron chi connectivity index (χ4n) is 1.12. The molecule has 0 unspecified atom stereocenters. The van der Waals surface area contributed by atoms with E-state index >= 15 is 0 Å². The van der Waals surface area contributed by atoms with E-state index in [1.807, 2.05) is 31.2 Å². The van der Waals surface area contributed by atoms with Crippen LogP contribution in [0.2, 0.25) is 0 Å². The van der Waals surface area contributed by atoms with E-state index in [0.29, 0.717) is 0 Å². The van der Waals surface area contributed by atoms with Gasteiger partial charge in [-0.25, -0.2) is 9.97 Å². The molecular weight excluding hydrogens is 272 g/mol. The molecule has 0 spiro atoms. The Bertz CT molecular complexity index is 430. The van der Waals surface area contributed by atoms with E-state index in [9.17, 15) is 0 Å². The summed E-state index contributed by atoms with van der Waals surface area (Å²) in [5.74, 6) is 0. The third-order valence-electron chi connectivity index (χ3n) is 1.88. The molecule has 0 bridgehead atoms. The van der Waals surface area contributed by atoms with Gasteiger partial charge in [0.25, 0.3) is 0 Å². The Balaban J connectivity index is 2.30. The minimum atomic E-state index is 0.944. The van der Waals surface area contributed by atoms with Crippen LogP contribution in [0.25, 0.3) is 0 Å². The quantitative estimate of drug-likeness (QED) is 0.839. The SMILES string of the molecule is Cc1cccnc1Sc1ncccc1Br. The monoisotopic (exact) mass is 280 g/mol. The lowest BCUT2D eigenvalue weighted by Crippen LogP contribution is -1.86. The van der Waals surface area contributed by atoms with Gasteiger partial charge in [0.2, 0.25) is 0 Å². The number of nitrogens with zero attached hydrogens (tertiary/aromatic N) is 2. The first-order valence-electron chi connectivity index (χ1n) is 4.47. The van der Waals surface area contributed by atoms with Crippen LogP contribution >= 0.6 is 27.7 Å². The Morgan fingerprint density at radius 3 is 2.40 bits per heavy atom. The van der Waals surface area contributed by atoms with Crippen LogP contribution in [0.3, 0.4) is 0 Å². The summed E-state index contributed by atoms with van der Waals surface area (Å²) in [5, 5.41) is 1.94. The minimum Gasteiger partial charge on any atom is -0.249 e. The van der Waals surface area contributed by atoms with Crippen molar-refractivity contribution in [3.05, 3.63) is 46.7 Å². The number of hydrogen-bond donors (Lipinski definition) is 0. The Hall–Kier alpha value is -0.870. The van der Waals surface area contributed by atoms with Gasteiger partial charge in [-0.05, 0) is 58.4 Å². The highest BCUT2D eigenvalue weighted by Gasteiger charge is 2.05. The van der Waals surface area contributed by atoms with Gasteiger partial charge in [0, 0.05) is 12.4 Å². The van der Waals surface area contributed by atoms with Crippen LogP contribution < -0.4 is 0 Å². The van der Waals surface area contributed by atoms with Crippen LogP contribution in [0.1, 0.15) is 5.56 Å². The summed E-state index contributed by atoms with van der Waals surface area (Å²) in [6.07, 6.45) is 3.58. The first kappa shape index (κ1) is 10.6. The second kappa shape index (κ2) is 4.77. The molecule has 0 atom stereocenters. The van der Waals surface area contributed by atoms with E-state index in [1.54, 1.807) is 24.2 Å². The molecule has 0 N–H and O–H groups in total. The molecule has 0 aliphatic carbocycles. The second-order valence-corrected chi connectivity index (χ2v) is 4.85. The third-order valence-corrected chi connectivity index (χ3v) is 3.92. The first-order chi connectivity index (χ1) is 7.27. The number of hydrogen-bond acceptors (Lipinski definition) is 3. The highest BCUT2D eigenvalue weighted by atomic mass is 79.9. The molecular formula is C11H9BrN2S. The molecule has 0 fully saturated rings. The second-order valence-electron chi connectivity index (χ2n) is 3.02. The zero-order chi connectivity index (χ0) is 10.7. The molecule has 76 valence electrons. The van der Waals surface area contributed by atoms with Crippen molar-refractivity contribution in [1.29, 1.82) is 0 Å². The lowest BCUT2D eigenvalue weighted by atomic mass is 10.3. The third kappa shape index (κ3) is 2.58. The first-order valence-corrected chi connectivity index (χ1v) is 6.08. The molecule has 15 heavy (non-hydrogen) atoms. The molecule has 2 nitrogen and oxygen atoms in total. The highest BCUT2D eigenvalue weighted by Crippen LogP contribution is 2.31. The lowest BCUT2D eigenvalue weighted by molar-refractivity contribution is 1.05. The Morgan fingerprint density at radius 1 is 1.07 bits per heavy atom. The average molecular weight is 281 g/mol. The van der Waals surface area contributed by atoms with Crippen LogP contribution in [0.4, 0.5) is 0 Å². The van der Waals surface area contributed by atoms with Crippen molar-refractivity contribution in [2.45, 2.75) is 17.0 Å². The van der Waals surface area contributed by atoms with Gasteiger partial charge in [0.15, 0.2) is 0 Å². The summed E-state index contributed by atoms with van der Waals surface area (Å²) in [7, 11) is 0. The van der Waals surface area contributed by atoms with Crippen LogP contribution in [0.15, 0.2) is 51.2 Å². The molecule has 2 rings (SSSR count). The van der Waals surface area contributed by atoms with Crippen LogP contribution in [-0.4, -0.2) is 9.97 Å². The van der Waals surface area contributed by atoms with Crippen molar-refractivity contribution in [2.24, 2.45) is 0 Å². The van der Waals surface area contributed by atoms with Crippen LogP contribution in [-0.2, 0) is 0 Å². The minimum absolute atomic E-state index is 0.944. The zero-order valence-electron chi connectivity index (χ0n) is 8.14. The molecule has 0 saturated heterocycles. The molecule has 0 aliphatic rings. The van der Waals surface area contributed by atoms with Gasteiger partial charge in [0.05, 0.1) is 4.47 Å². The van der Waals surface area contributed by atoms with E-state index in [2.05, 4.69) is 25.9 Å². The number of rotatable bonds is 2. The maximum absolute atomic E-state index is 4.32. The van der Waals surface area contributed by atoms with E-state index in [0.717, 1.165) is 14.5 Å². The van der Waals surface area contributed by atoms with Crippen molar-refractivity contribution >= 4 is 27.7 Å². The molecule has 4 heteroatoms. The van der Waals surface area contributed by atoms with E-state index in [4.69, 9.17) is 0 Å². The standard InChI is InChI=1S/C11H9BrN2S/c1-8-4-2-6-13-10(8)15-11-9(12)5-3-7-14-11/h2-7H,1H3. The van der Waals surface area contributed by atoms with Crippen molar-refractivity contribution in [2.75, 3.05) is 0 Å². The van der Waals surface area contributed by atoms with Gasteiger partial charge < -0.3 is 0 Å². The largest absolute Gasteiger partial charge is 0.249 e. The highest BCUT2D eigenvalue weighted by molar-refractivity contribution is 9.10. The predicted octanol–water partition coefficient (Wildman–Crippen LogP) is 3.70. The number of halogens is 1. The Morgan fingerprint density at radius 2 is 1.73 bits per heavy atom. The number of aryl methyl sites for hydroxylation is 1. The predicted molar refractivity (Wildman–Crippen MR) is 65.0 cm³/mol. The lowest BCUT2D eigenvalue weighted by Gasteiger charge is -2.04. The summed E-state index contributed by atoms with van der Waals surface area (Å²) in [6.45, 7) is 2.05. The van der Waals surface area contributed by atoms with E-state index in [1.165, 1.54) is 5.56 Å². The van der Waals surface area contributed by atoms with E-state index < -0.39 is 0 Å². The fraction of sp³-hybridized carbons (Fsp3) is 0.0909. The van der Waals surface area contributed by atoms with Crippen LogP contribution in [0.5, 0.6) is 0 Å². The van der Waals surface area contributed by atoms with Gasteiger partial charge >= 0.3 is 0 Å². The molecule has 0 aromatic carbocycles. The van der Waals surface area contributed by atoms with Crippen molar-refractivity contribution in [3.63, 3.8) is 0 Å². The summed E-state index contributed by atoms with van der Waals surface area (Å²) >= 11 is 5.04. The zero-order valence-corrected chi connectivity index (χ0v) is 10.5. The van der Waals surface area contributed by atoms with Crippen LogP contribution in [0, 0.1) is 6.92 Å². The molecule has 0 amide bonds. The number of aromatic nitrogens is 2. The van der Waals surface area contributed by atoms with Gasteiger partial charge in [-0.3, -0.25) is 0 Å². The number of pyridine rings is 2. The van der Waals surface area contributed by atoms with Crippen molar-refractivity contribution in [1.82, 2.24) is 9.97 Å². The molecule has 0 saturated carbocycles. The van der Waals surface area contributed by atoms with Crippen molar-refractivity contribution in [3.8, 4) is 0 Å².